The topological polar surface area (TPSA) is 15.3 Å². The molecular formula is C16H32N2. The van der Waals surface area contributed by atoms with Gasteiger partial charge in [0.2, 0.25) is 0 Å². The third-order valence-corrected chi connectivity index (χ3v) is 5.02. The maximum absolute atomic E-state index is 3.72. The maximum atomic E-state index is 3.72. The number of hydrogen-bond donors (Lipinski definition) is 1. The van der Waals surface area contributed by atoms with E-state index in [2.05, 4.69) is 37.9 Å². The van der Waals surface area contributed by atoms with E-state index in [1.54, 1.807) is 0 Å². The molecule has 2 aliphatic rings. The van der Waals surface area contributed by atoms with E-state index >= 15 is 0 Å². The second kappa shape index (κ2) is 5.92. The molecule has 106 valence electrons. The molecule has 0 aromatic carbocycles. The second-order valence-corrected chi connectivity index (χ2v) is 7.46. The van der Waals surface area contributed by atoms with Gasteiger partial charge in [-0.15, -0.1) is 0 Å². The highest BCUT2D eigenvalue weighted by atomic mass is 15.2. The quantitative estimate of drug-likeness (QED) is 0.811. The van der Waals surface area contributed by atoms with Crippen LogP contribution in [-0.4, -0.2) is 36.6 Å². The third kappa shape index (κ3) is 3.71. The summed E-state index contributed by atoms with van der Waals surface area (Å²) in [6, 6.07) is 1.60. The van der Waals surface area contributed by atoms with Crippen LogP contribution in [-0.2, 0) is 0 Å². The number of nitrogens with zero attached hydrogens (tertiary/aromatic N) is 1. The molecule has 1 N–H and O–H groups in total. The van der Waals surface area contributed by atoms with Gasteiger partial charge in [-0.25, -0.2) is 0 Å². The van der Waals surface area contributed by atoms with Crippen molar-refractivity contribution in [1.82, 2.24) is 10.2 Å². The van der Waals surface area contributed by atoms with Crippen molar-refractivity contribution in [2.45, 2.75) is 71.9 Å². The fourth-order valence-electron chi connectivity index (χ4n) is 3.74. The van der Waals surface area contributed by atoms with Crippen LogP contribution in [0.5, 0.6) is 0 Å². The normalized spacial score (nSPS) is 38.3. The van der Waals surface area contributed by atoms with Crippen molar-refractivity contribution in [3.8, 4) is 0 Å². The molecule has 1 saturated heterocycles. The molecule has 1 heterocycles. The van der Waals surface area contributed by atoms with Crippen LogP contribution in [0.25, 0.3) is 0 Å². The van der Waals surface area contributed by atoms with Crippen molar-refractivity contribution in [2.75, 3.05) is 19.6 Å². The summed E-state index contributed by atoms with van der Waals surface area (Å²) in [5.74, 6) is 0.795. The number of rotatable bonds is 2. The summed E-state index contributed by atoms with van der Waals surface area (Å²) in [5.41, 5.74) is 0.582. The van der Waals surface area contributed by atoms with Gasteiger partial charge in [0.15, 0.2) is 0 Å². The van der Waals surface area contributed by atoms with Gasteiger partial charge in [-0.05, 0) is 56.5 Å². The zero-order chi connectivity index (χ0) is 13.2. The molecule has 0 radical (unpaired) electrons. The first-order valence-electron chi connectivity index (χ1n) is 7.97. The van der Waals surface area contributed by atoms with Crippen molar-refractivity contribution in [2.24, 2.45) is 11.3 Å². The minimum absolute atomic E-state index is 0.582. The van der Waals surface area contributed by atoms with Crippen LogP contribution >= 0.6 is 0 Å². The smallest absolute Gasteiger partial charge is 0.0101 e. The molecule has 0 aromatic rings. The first-order valence-corrected chi connectivity index (χ1v) is 7.97. The SMILES string of the molecule is CCC1CCN(C2CCC(C)(C)C2)CC(C)CN1. The van der Waals surface area contributed by atoms with Gasteiger partial charge in [0.25, 0.3) is 0 Å². The summed E-state index contributed by atoms with van der Waals surface area (Å²) in [5, 5.41) is 3.72. The van der Waals surface area contributed by atoms with Crippen LogP contribution in [0.1, 0.15) is 59.8 Å². The largest absolute Gasteiger partial charge is 0.314 e. The first kappa shape index (κ1) is 14.3. The molecule has 2 fully saturated rings. The van der Waals surface area contributed by atoms with E-state index in [9.17, 15) is 0 Å². The van der Waals surface area contributed by atoms with Crippen LogP contribution in [0.2, 0.25) is 0 Å². The Morgan fingerprint density at radius 1 is 1.28 bits per heavy atom. The third-order valence-electron chi connectivity index (χ3n) is 5.02. The van der Waals surface area contributed by atoms with Gasteiger partial charge in [0.1, 0.15) is 0 Å². The lowest BCUT2D eigenvalue weighted by Crippen LogP contribution is -2.46. The molecule has 0 aromatic heterocycles. The van der Waals surface area contributed by atoms with Crippen LogP contribution < -0.4 is 5.32 Å². The summed E-state index contributed by atoms with van der Waals surface area (Å²) >= 11 is 0. The van der Waals surface area contributed by atoms with Gasteiger partial charge >= 0.3 is 0 Å². The Labute approximate surface area is 114 Å². The zero-order valence-corrected chi connectivity index (χ0v) is 12.8. The van der Waals surface area contributed by atoms with Gasteiger partial charge in [-0.1, -0.05) is 27.7 Å². The molecule has 0 bridgehead atoms. The van der Waals surface area contributed by atoms with E-state index in [-0.39, 0.29) is 0 Å². The van der Waals surface area contributed by atoms with Gasteiger partial charge in [-0.2, -0.15) is 0 Å². The lowest BCUT2D eigenvalue weighted by atomic mass is 9.91. The molecule has 3 unspecified atom stereocenters. The van der Waals surface area contributed by atoms with Crippen molar-refractivity contribution >= 4 is 0 Å². The lowest BCUT2D eigenvalue weighted by Gasteiger charge is -2.36. The fourth-order valence-corrected chi connectivity index (χ4v) is 3.74. The Balaban J connectivity index is 1.94. The molecule has 1 saturated carbocycles. The average molecular weight is 252 g/mol. The molecule has 1 aliphatic carbocycles. The molecule has 2 nitrogen and oxygen atoms in total. The van der Waals surface area contributed by atoms with E-state index in [1.807, 2.05) is 0 Å². The monoisotopic (exact) mass is 252 g/mol. The van der Waals surface area contributed by atoms with Crippen molar-refractivity contribution in [3.63, 3.8) is 0 Å². The number of hydrogen-bond acceptors (Lipinski definition) is 2. The zero-order valence-electron chi connectivity index (χ0n) is 12.8. The van der Waals surface area contributed by atoms with Crippen LogP contribution in [0, 0.1) is 11.3 Å². The van der Waals surface area contributed by atoms with Gasteiger partial charge in [-0.3, -0.25) is 4.90 Å². The Kier molecular flexibility index (Phi) is 4.71. The molecular weight excluding hydrogens is 220 g/mol. The summed E-state index contributed by atoms with van der Waals surface area (Å²) in [6.07, 6.45) is 6.85. The predicted molar refractivity (Wildman–Crippen MR) is 78.9 cm³/mol. The molecule has 2 rings (SSSR count). The van der Waals surface area contributed by atoms with Crippen LogP contribution in [0.4, 0.5) is 0 Å². The van der Waals surface area contributed by atoms with Gasteiger partial charge in [0.05, 0.1) is 0 Å². The van der Waals surface area contributed by atoms with Crippen LogP contribution in [0.15, 0.2) is 0 Å². The van der Waals surface area contributed by atoms with E-state index in [1.165, 1.54) is 51.7 Å². The molecule has 2 heteroatoms. The Morgan fingerprint density at radius 2 is 2.06 bits per heavy atom. The van der Waals surface area contributed by atoms with Crippen molar-refractivity contribution in [1.29, 1.82) is 0 Å². The van der Waals surface area contributed by atoms with Crippen LogP contribution in [0.3, 0.4) is 0 Å². The molecule has 0 amide bonds. The standard InChI is InChI=1S/C16H32N2/c1-5-14-7-9-18(12-13(2)11-17-14)15-6-8-16(3,4)10-15/h13-15,17H,5-12H2,1-4H3. The van der Waals surface area contributed by atoms with E-state index in [0.717, 1.165) is 18.0 Å². The second-order valence-electron chi connectivity index (χ2n) is 7.46. The minimum Gasteiger partial charge on any atom is -0.314 e. The molecule has 1 aliphatic heterocycles. The van der Waals surface area contributed by atoms with E-state index < -0.39 is 0 Å². The Morgan fingerprint density at radius 3 is 2.67 bits per heavy atom. The minimum atomic E-state index is 0.582. The highest BCUT2D eigenvalue weighted by Crippen LogP contribution is 2.39. The summed E-state index contributed by atoms with van der Waals surface area (Å²) in [7, 11) is 0. The predicted octanol–water partition coefficient (Wildman–Crippen LogP) is 3.28. The Hall–Kier alpha value is -0.0800. The summed E-state index contributed by atoms with van der Waals surface area (Å²) < 4.78 is 0. The number of nitrogens with one attached hydrogen (secondary N) is 1. The highest BCUT2D eigenvalue weighted by molar-refractivity contribution is 4.89. The Bertz CT molecular complexity index is 262. The van der Waals surface area contributed by atoms with Crippen molar-refractivity contribution in [3.05, 3.63) is 0 Å². The average Bonchev–Trinajstić information content (AvgIpc) is 2.65. The van der Waals surface area contributed by atoms with E-state index in [0.29, 0.717) is 5.41 Å². The molecule has 18 heavy (non-hydrogen) atoms. The first-order chi connectivity index (χ1) is 8.50. The van der Waals surface area contributed by atoms with Gasteiger partial charge in [0, 0.05) is 18.6 Å². The van der Waals surface area contributed by atoms with Crippen molar-refractivity contribution < 1.29 is 0 Å². The van der Waals surface area contributed by atoms with E-state index in [4.69, 9.17) is 0 Å². The summed E-state index contributed by atoms with van der Waals surface area (Å²) in [6.45, 7) is 13.4. The molecule has 3 atom stereocenters. The summed E-state index contributed by atoms with van der Waals surface area (Å²) in [4.78, 5) is 2.81. The fraction of sp³-hybridized carbons (Fsp3) is 1.00. The lowest BCUT2D eigenvalue weighted by molar-refractivity contribution is 0.138. The highest BCUT2D eigenvalue weighted by Gasteiger charge is 2.35. The maximum Gasteiger partial charge on any atom is 0.0101 e. The molecule has 0 spiro atoms. The van der Waals surface area contributed by atoms with Gasteiger partial charge < -0.3 is 5.32 Å².